The van der Waals surface area contributed by atoms with Gasteiger partial charge in [-0.15, -0.1) is 5.10 Å². The zero-order valence-corrected chi connectivity index (χ0v) is 15.4. The Balaban J connectivity index is 1.62. The zero-order chi connectivity index (χ0) is 17.9. The first-order chi connectivity index (χ1) is 12.7. The van der Waals surface area contributed by atoms with Gasteiger partial charge < -0.3 is 5.32 Å². The molecule has 0 atom stereocenters. The van der Waals surface area contributed by atoms with Gasteiger partial charge in [0.15, 0.2) is 11.5 Å². The maximum atomic E-state index is 4.56. The van der Waals surface area contributed by atoms with Gasteiger partial charge in [0.1, 0.15) is 0 Å². The highest BCUT2D eigenvalue weighted by Crippen LogP contribution is 2.25. The first kappa shape index (κ1) is 16.4. The van der Waals surface area contributed by atoms with Crippen LogP contribution in [0.5, 0.6) is 0 Å². The molecule has 0 aliphatic heterocycles. The zero-order valence-electron chi connectivity index (χ0n) is 14.5. The van der Waals surface area contributed by atoms with Crippen LogP contribution in [0.4, 0.5) is 10.8 Å². The molecule has 2 aromatic heterocycles. The van der Waals surface area contributed by atoms with Crippen LogP contribution in [0.15, 0.2) is 54.6 Å². The number of anilines is 2. The molecule has 2 heterocycles. The van der Waals surface area contributed by atoms with Crippen LogP contribution < -0.4 is 5.32 Å². The number of rotatable bonds is 5. The molecule has 4 aromatic rings. The minimum atomic E-state index is 0.587. The maximum absolute atomic E-state index is 4.56. The Bertz CT molecular complexity index is 1020. The lowest BCUT2D eigenvalue weighted by Gasteiger charge is -2.05. The van der Waals surface area contributed by atoms with Crippen molar-refractivity contribution in [2.45, 2.75) is 20.3 Å². The molecular formula is C19H18N6S. The van der Waals surface area contributed by atoms with Gasteiger partial charge in [-0.25, -0.2) is 4.68 Å². The van der Waals surface area contributed by atoms with Gasteiger partial charge in [0.2, 0.25) is 5.13 Å². The molecule has 2 aromatic carbocycles. The second kappa shape index (κ2) is 7.05. The molecule has 0 spiro atoms. The molecule has 0 saturated heterocycles. The summed E-state index contributed by atoms with van der Waals surface area (Å²) >= 11 is 1.31. The van der Waals surface area contributed by atoms with Crippen molar-refractivity contribution >= 4 is 22.4 Å². The van der Waals surface area contributed by atoms with Crippen LogP contribution in [-0.2, 0) is 6.42 Å². The van der Waals surface area contributed by atoms with E-state index in [4.69, 9.17) is 0 Å². The first-order valence-corrected chi connectivity index (χ1v) is 9.19. The molecule has 7 heteroatoms. The quantitative estimate of drug-likeness (QED) is 0.570. The highest BCUT2D eigenvalue weighted by Gasteiger charge is 2.17. The van der Waals surface area contributed by atoms with E-state index < -0.39 is 0 Å². The van der Waals surface area contributed by atoms with Crippen LogP contribution in [0.1, 0.15) is 18.2 Å². The number of aromatic nitrogens is 5. The van der Waals surface area contributed by atoms with E-state index in [-0.39, 0.29) is 0 Å². The number of nitrogens with one attached hydrogen (secondary N) is 1. The number of nitrogens with zero attached hydrogens (tertiary/aromatic N) is 5. The minimum Gasteiger partial charge on any atom is -0.330 e. The lowest BCUT2D eigenvalue weighted by Crippen LogP contribution is -2.00. The second-order valence-corrected chi connectivity index (χ2v) is 6.62. The average molecular weight is 362 g/mol. The lowest BCUT2D eigenvalue weighted by molar-refractivity contribution is 0.784. The van der Waals surface area contributed by atoms with Crippen molar-refractivity contribution in [3.8, 4) is 17.2 Å². The molecule has 6 nitrogen and oxygen atoms in total. The Morgan fingerprint density at radius 1 is 1.08 bits per heavy atom. The first-order valence-electron chi connectivity index (χ1n) is 8.42. The smallest absolute Gasteiger partial charge is 0.207 e. The summed E-state index contributed by atoms with van der Waals surface area (Å²) < 4.78 is 6.27. The van der Waals surface area contributed by atoms with Crippen molar-refractivity contribution in [1.82, 2.24) is 24.4 Å². The van der Waals surface area contributed by atoms with Crippen LogP contribution in [0.3, 0.4) is 0 Å². The number of hydrogen-bond acceptors (Lipinski definition) is 6. The Hall–Kier alpha value is -3.06. The summed E-state index contributed by atoms with van der Waals surface area (Å²) in [5.74, 6) is 0.587. The fraction of sp³-hybridized carbons (Fsp3) is 0.158. The van der Waals surface area contributed by atoms with Gasteiger partial charge in [-0.3, -0.25) is 0 Å². The molecule has 0 amide bonds. The van der Waals surface area contributed by atoms with E-state index in [0.717, 1.165) is 28.6 Å². The van der Waals surface area contributed by atoms with Crippen molar-refractivity contribution in [3.63, 3.8) is 0 Å². The lowest BCUT2D eigenvalue weighted by atomic mass is 10.1. The van der Waals surface area contributed by atoms with E-state index in [1.807, 2.05) is 54.1 Å². The summed E-state index contributed by atoms with van der Waals surface area (Å²) in [4.78, 5) is 4.56. The van der Waals surface area contributed by atoms with Crippen molar-refractivity contribution in [3.05, 3.63) is 65.9 Å². The third-order valence-electron chi connectivity index (χ3n) is 4.12. The van der Waals surface area contributed by atoms with E-state index in [2.05, 4.69) is 44.0 Å². The van der Waals surface area contributed by atoms with Crippen LogP contribution >= 0.6 is 11.5 Å². The minimum absolute atomic E-state index is 0.587. The third kappa shape index (κ3) is 3.21. The highest BCUT2D eigenvalue weighted by atomic mass is 32.1. The monoisotopic (exact) mass is 362 g/mol. The summed E-state index contributed by atoms with van der Waals surface area (Å²) in [6.45, 7) is 4.12. The molecule has 0 unspecified atom stereocenters. The van der Waals surface area contributed by atoms with E-state index in [1.54, 1.807) is 0 Å². The van der Waals surface area contributed by atoms with Crippen LogP contribution in [0, 0.1) is 6.92 Å². The number of hydrogen-bond donors (Lipinski definition) is 1. The fourth-order valence-electron chi connectivity index (χ4n) is 2.70. The largest absolute Gasteiger partial charge is 0.330 e. The van der Waals surface area contributed by atoms with Gasteiger partial charge in [0, 0.05) is 17.2 Å². The Morgan fingerprint density at radius 3 is 2.73 bits per heavy atom. The molecule has 1 N–H and O–H groups in total. The van der Waals surface area contributed by atoms with Crippen LogP contribution in [-0.4, -0.2) is 24.4 Å². The van der Waals surface area contributed by atoms with Gasteiger partial charge in [-0.05, 0) is 43.2 Å². The molecule has 0 fully saturated rings. The van der Waals surface area contributed by atoms with Gasteiger partial charge in [0.05, 0.1) is 11.4 Å². The van der Waals surface area contributed by atoms with Gasteiger partial charge >= 0.3 is 0 Å². The summed E-state index contributed by atoms with van der Waals surface area (Å²) in [5, 5.41) is 12.6. The van der Waals surface area contributed by atoms with Gasteiger partial charge in [0.25, 0.3) is 0 Å². The number of benzene rings is 2. The Morgan fingerprint density at radius 2 is 1.92 bits per heavy atom. The Labute approximate surface area is 155 Å². The van der Waals surface area contributed by atoms with Gasteiger partial charge in [-0.1, -0.05) is 42.5 Å². The molecule has 0 aliphatic rings. The van der Waals surface area contributed by atoms with Crippen molar-refractivity contribution in [2.75, 3.05) is 5.32 Å². The number of aryl methyl sites for hydroxylation is 1. The van der Waals surface area contributed by atoms with Gasteiger partial charge in [-0.2, -0.15) is 9.36 Å². The molecule has 0 radical (unpaired) electrons. The van der Waals surface area contributed by atoms with E-state index >= 15 is 0 Å². The molecule has 130 valence electrons. The average Bonchev–Trinajstić information content (AvgIpc) is 3.29. The van der Waals surface area contributed by atoms with E-state index in [0.29, 0.717) is 11.5 Å². The molecular weight excluding hydrogens is 344 g/mol. The topological polar surface area (TPSA) is 68.5 Å². The third-order valence-corrected chi connectivity index (χ3v) is 4.75. The van der Waals surface area contributed by atoms with E-state index in [9.17, 15) is 0 Å². The second-order valence-electron chi connectivity index (χ2n) is 5.87. The Kier molecular flexibility index (Phi) is 4.45. The molecule has 0 saturated carbocycles. The van der Waals surface area contributed by atoms with Crippen molar-refractivity contribution in [1.29, 1.82) is 0 Å². The number of para-hydroxylation sites is 1. The van der Waals surface area contributed by atoms with Crippen molar-refractivity contribution in [2.24, 2.45) is 0 Å². The summed E-state index contributed by atoms with van der Waals surface area (Å²) in [7, 11) is 0. The predicted molar refractivity (Wildman–Crippen MR) is 104 cm³/mol. The maximum Gasteiger partial charge on any atom is 0.207 e. The molecule has 0 aliphatic carbocycles. The molecule has 4 rings (SSSR count). The normalized spacial score (nSPS) is 10.8. The fourth-order valence-corrected chi connectivity index (χ4v) is 3.30. The van der Waals surface area contributed by atoms with Crippen LogP contribution in [0.2, 0.25) is 0 Å². The summed E-state index contributed by atoms with van der Waals surface area (Å²) in [5.41, 5.74) is 4.86. The van der Waals surface area contributed by atoms with Crippen LogP contribution in [0.25, 0.3) is 17.2 Å². The van der Waals surface area contributed by atoms with E-state index in [1.165, 1.54) is 17.1 Å². The van der Waals surface area contributed by atoms with Crippen molar-refractivity contribution < 1.29 is 0 Å². The predicted octanol–water partition coefficient (Wildman–Crippen LogP) is 4.40. The molecule has 26 heavy (non-hydrogen) atoms. The molecule has 0 bridgehead atoms. The SMILES string of the molecule is CCc1cccc(-n2nnc(-c3nsc(Nc4ccccc4)n3)c2C)c1. The standard InChI is InChI=1S/C19H18N6S/c1-3-14-8-7-11-16(12-14)25-13(2)17(22-24-25)18-21-19(26-23-18)20-15-9-5-4-6-10-15/h4-12H,3H2,1-2H3,(H,20,21,23). The highest BCUT2D eigenvalue weighted by molar-refractivity contribution is 7.09. The summed E-state index contributed by atoms with van der Waals surface area (Å²) in [6, 6.07) is 18.2. The summed E-state index contributed by atoms with van der Waals surface area (Å²) in [6.07, 6.45) is 0.983.